The van der Waals surface area contributed by atoms with E-state index in [9.17, 15) is 4.79 Å². The number of rotatable bonds is 4. The van der Waals surface area contributed by atoms with Crippen molar-refractivity contribution in [1.29, 1.82) is 0 Å². The van der Waals surface area contributed by atoms with Crippen LogP contribution in [-0.2, 0) is 7.05 Å². The summed E-state index contributed by atoms with van der Waals surface area (Å²) in [5, 5.41) is 1.63. The van der Waals surface area contributed by atoms with Crippen molar-refractivity contribution in [3.05, 3.63) is 20.8 Å². The van der Waals surface area contributed by atoms with Gasteiger partial charge in [0, 0.05) is 17.7 Å². The zero-order chi connectivity index (χ0) is 13.3. The summed E-state index contributed by atoms with van der Waals surface area (Å²) in [6.07, 6.45) is 2.32. The van der Waals surface area contributed by atoms with Gasteiger partial charge in [0.1, 0.15) is 4.83 Å². The maximum Gasteiger partial charge on any atom is 0.262 e. The fourth-order valence-electron chi connectivity index (χ4n) is 1.79. The third-order valence-electron chi connectivity index (χ3n) is 3.10. The quantitative estimate of drug-likeness (QED) is 0.489. The number of fused-ring (bicyclic) bond motifs is 1. The standard InChI is InChI=1S/C13H18N2OS2/c1-5-6-7-17-13-14-11-10(12(16)15(13)4)8(2)9(3)18-11/h5-7H2,1-4H3. The Balaban J connectivity index is 2.51. The number of aromatic nitrogens is 2. The first-order chi connectivity index (χ1) is 8.56. The molecule has 0 radical (unpaired) electrons. The van der Waals surface area contributed by atoms with Crippen LogP contribution >= 0.6 is 23.1 Å². The van der Waals surface area contributed by atoms with Gasteiger partial charge in [-0.15, -0.1) is 11.3 Å². The van der Waals surface area contributed by atoms with E-state index in [1.54, 1.807) is 27.7 Å². The second-order valence-corrected chi connectivity index (χ2v) is 6.69. The number of thiophene rings is 1. The number of hydrogen-bond donors (Lipinski definition) is 0. The van der Waals surface area contributed by atoms with Gasteiger partial charge in [0.25, 0.3) is 5.56 Å². The Morgan fingerprint density at radius 3 is 2.78 bits per heavy atom. The van der Waals surface area contributed by atoms with Gasteiger partial charge in [-0.1, -0.05) is 25.1 Å². The summed E-state index contributed by atoms with van der Waals surface area (Å²) < 4.78 is 1.68. The lowest BCUT2D eigenvalue weighted by Gasteiger charge is -2.06. The molecule has 0 aromatic carbocycles. The lowest BCUT2D eigenvalue weighted by atomic mass is 10.2. The van der Waals surface area contributed by atoms with Crippen LogP contribution in [0.3, 0.4) is 0 Å². The van der Waals surface area contributed by atoms with E-state index >= 15 is 0 Å². The maximum atomic E-state index is 12.3. The summed E-state index contributed by atoms with van der Waals surface area (Å²) in [6.45, 7) is 6.22. The highest BCUT2D eigenvalue weighted by Gasteiger charge is 2.14. The van der Waals surface area contributed by atoms with Crippen LogP contribution in [0.15, 0.2) is 9.95 Å². The zero-order valence-corrected chi connectivity index (χ0v) is 12.9. The van der Waals surface area contributed by atoms with Gasteiger partial charge in [-0.2, -0.15) is 0 Å². The molecule has 2 heterocycles. The number of thioether (sulfide) groups is 1. The van der Waals surface area contributed by atoms with Gasteiger partial charge < -0.3 is 0 Å². The Labute approximate surface area is 115 Å². The van der Waals surface area contributed by atoms with Gasteiger partial charge in [0.15, 0.2) is 5.16 Å². The Morgan fingerprint density at radius 1 is 1.39 bits per heavy atom. The van der Waals surface area contributed by atoms with E-state index in [0.29, 0.717) is 0 Å². The van der Waals surface area contributed by atoms with E-state index in [1.807, 2.05) is 20.9 Å². The topological polar surface area (TPSA) is 34.9 Å². The van der Waals surface area contributed by atoms with Crippen LogP contribution in [0.5, 0.6) is 0 Å². The van der Waals surface area contributed by atoms with Crippen molar-refractivity contribution in [3.63, 3.8) is 0 Å². The molecule has 3 nitrogen and oxygen atoms in total. The van der Waals surface area contributed by atoms with Gasteiger partial charge in [0.2, 0.25) is 0 Å². The highest BCUT2D eigenvalue weighted by atomic mass is 32.2. The van der Waals surface area contributed by atoms with E-state index in [1.165, 1.54) is 11.3 Å². The minimum atomic E-state index is 0.0841. The molecule has 0 spiro atoms. The molecule has 0 saturated carbocycles. The van der Waals surface area contributed by atoms with Crippen LogP contribution in [0.1, 0.15) is 30.2 Å². The summed E-state index contributed by atoms with van der Waals surface area (Å²) in [5.41, 5.74) is 1.16. The van der Waals surface area contributed by atoms with Gasteiger partial charge in [-0.05, 0) is 25.8 Å². The lowest BCUT2D eigenvalue weighted by Crippen LogP contribution is -2.19. The molecule has 0 N–H and O–H groups in total. The minimum Gasteiger partial charge on any atom is -0.290 e. The van der Waals surface area contributed by atoms with Crippen LogP contribution in [-0.4, -0.2) is 15.3 Å². The van der Waals surface area contributed by atoms with E-state index < -0.39 is 0 Å². The monoisotopic (exact) mass is 282 g/mol. The average molecular weight is 282 g/mol. The predicted octanol–water partition coefficient (Wildman–Crippen LogP) is 3.50. The number of nitrogens with zero attached hydrogens (tertiary/aromatic N) is 2. The third kappa shape index (κ3) is 2.34. The van der Waals surface area contributed by atoms with Gasteiger partial charge in [-0.3, -0.25) is 9.36 Å². The molecule has 0 unspecified atom stereocenters. The van der Waals surface area contributed by atoms with Crippen LogP contribution < -0.4 is 5.56 Å². The molecule has 0 saturated heterocycles. The first-order valence-electron chi connectivity index (χ1n) is 6.15. The highest BCUT2D eigenvalue weighted by Crippen LogP contribution is 2.28. The van der Waals surface area contributed by atoms with Crippen molar-refractivity contribution in [1.82, 2.24) is 9.55 Å². The van der Waals surface area contributed by atoms with Gasteiger partial charge >= 0.3 is 0 Å². The molecule has 98 valence electrons. The summed E-state index contributed by atoms with van der Waals surface area (Å²) in [7, 11) is 1.81. The number of hydrogen-bond acceptors (Lipinski definition) is 4. The smallest absolute Gasteiger partial charge is 0.262 e. The first kappa shape index (κ1) is 13.6. The Hall–Kier alpha value is -0.810. The summed E-state index contributed by atoms with van der Waals surface area (Å²) in [5.74, 6) is 1.02. The molecule has 0 aliphatic carbocycles. The predicted molar refractivity (Wildman–Crippen MR) is 80.0 cm³/mol. The molecule has 0 aliphatic rings. The summed E-state index contributed by atoms with van der Waals surface area (Å²) >= 11 is 3.29. The number of aryl methyl sites for hydroxylation is 2. The van der Waals surface area contributed by atoms with Crippen LogP contribution in [0, 0.1) is 13.8 Å². The second kappa shape index (κ2) is 5.45. The van der Waals surface area contributed by atoms with Gasteiger partial charge in [0.05, 0.1) is 5.39 Å². The van der Waals surface area contributed by atoms with Crippen LogP contribution in [0.25, 0.3) is 10.2 Å². The van der Waals surface area contributed by atoms with Crippen molar-refractivity contribution in [2.75, 3.05) is 5.75 Å². The van der Waals surface area contributed by atoms with E-state index in [4.69, 9.17) is 0 Å². The molecule has 18 heavy (non-hydrogen) atoms. The molecule has 2 rings (SSSR count). The first-order valence-corrected chi connectivity index (χ1v) is 7.96. The Morgan fingerprint density at radius 2 is 2.11 bits per heavy atom. The van der Waals surface area contributed by atoms with E-state index in [-0.39, 0.29) is 5.56 Å². The molecule has 5 heteroatoms. The molecular formula is C13H18N2OS2. The maximum absolute atomic E-state index is 12.3. The minimum absolute atomic E-state index is 0.0841. The molecule has 0 amide bonds. The molecule has 0 bridgehead atoms. The molecule has 0 aliphatic heterocycles. The Bertz CT molecular complexity index is 628. The van der Waals surface area contributed by atoms with Crippen LogP contribution in [0.4, 0.5) is 0 Å². The third-order valence-corrected chi connectivity index (χ3v) is 5.32. The zero-order valence-electron chi connectivity index (χ0n) is 11.2. The summed E-state index contributed by atoms with van der Waals surface area (Å²) in [4.78, 5) is 19.0. The van der Waals surface area contributed by atoms with Crippen molar-refractivity contribution < 1.29 is 0 Å². The lowest BCUT2D eigenvalue weighted by molar-refractivity contribution is 0.726. The van der Waals surface area contributed by atoms with E-state index in [2.05, 4.69) is 11.9 Å². The fraction of sp³-hybridized carbons (Fsp3) is 0.538. The molecule has 0 fully saturated rings. The largest absolute Gasteiger partial charge is 0.290 e. The van der Waals surface area contributed by atoms with Crippen molar-refractivity contribution in [3.8, 4) is 0 Å². The summed E-state index contributed by atoms with van der Waals surface area (Å²) in [6, 6.07) is 0. The number of unbranched alkanes of at least 4 members (excludes halogenated alkanes) is 1. The van der Waals surface area contributed by atoms with Gasteiger partial charge in [-0.25, -0.2) is 4.98 Å². The average Bonchev–Trinajstić information content (AvgIpc) is 2.62. The van der Waals surface area contributed by atoms with E-state index in [0.717, 1.165) is 33.1 Å². The molecule has 2 aromatic rings. The van der Waals surface area contributed by atoms with Crippen molar-refractivity contribution in [2.45, 2.75) is 38.8 Å². The van der Waals surface area contributed by atoms with Crippen molar-refractivity contribution in [2.24, 2.45) is 7.05 Å². The molecule has 0 atom stereocenters. The SMILES string of the molecule is CCCCSc1nc2sc(C)c(C)c2c(=O)n1C. The van der Waals surface area contributed by atoms with Crippen LogP contribution in [0.2, 0.25) is 0 Å². The molecular weight excluding hydrogens is 264 g/mol. The molecule has 2 aromatic heterocycles. The second-order valence-electron chi connectivity index (χ2n) is 4.42. The Kier molecular flexibility index (Phi) is 4.12. The van der Waals surface area contributed by atoms with Crippen molar-refractivity contribution >= 4 is 33.3 Å². The normalized spacial score (nSPS) is 11.3. The fourth-order valence-corrected chi connectivity index (χ4v) is 3.92. The highest BCUT2D eigenvalue weighted by molar-refractivity contribution is 7.99.